The highest BCUT2D eigenvalue weighted by Gasteiger charge is 2.38. The number of allylic oxidation sites excluding steroid dienone is 5. The highest BCUT2D eigenvalue weighted by Crippen LogP contribution is 2.29. The van der Waals surface area contributed by atoms with Gasteiger partial charge in [-0.3, -0.25) is 19.4 Å². The van der Waals surface area contributed by atoms with Crippen molar-refractivity contribution in [1.82, 2.24) is 10.6 Å². The number of benzodiazepines with no additional fused rings is 1. The number of fused-ring (bicyclic) bond motifs is 1. The second kappa shape index (κ2) is 16.7. The monoisotopic (exact) mass is 638 g/mol. The second-order valence-electron chi connectivity index (χ2n) is 11.1. The number of para-hydroxylation sites is 1. The van der Waals surface area contributed by atoms with Crippen LogP contribution < -0.4 is 15.5 Å². The van der Waals surface area contributed by atoms with E-state index in [1.807, 2.05) is 37.3 Å². The van der Waals surface area contributed by atoms with E-state index in [1.54, 1.807) is 31.2 Å². The highest BCUT2D eigenvalue weighted by atomic mass is 19.4. The number of amides is 3. The Balaban J connectivity index is 1.85. The molecule has 1 aliphatic rings. The third kappa shape index (κ3) is 10.00. The number of anilines is 1. The smallest absolute Gasteiger partial charge is 0.367 e. The Morgan fingerprint density at radius 1 is 1.09 bits per heavy atom. The van der Waals surface area contributed by atoms with Gasteiger partial charge in [-0.25, -0.2) is 0 Å². The molecule has 2 atom stereocenters. The minimum Gasteiger partial charge on any atom is -0.367 e. The molecule has 3 rings (SSSR count). The Bertz CT molecular complexity index is 1470. The number of likely N-dealkylation sites (N-methyl/N-ethyl adjacent to an activating group) is 1. The van der Waals surface area contributed by atoms with Crippen LogP contribution in [-0.2, 0) is 25.7 Å². The summed E-state index contributed by atoms with van der Waals surface area (Å²) in [6.07, 6.45) is 0.741. The number of rotatable bonds is 15. The van der Waals surface area contributed by atoms with E-state index in [2.05, 4.69) is 22.2 Å². The zero-order valence-corrected chi connectivity index (χ0v) is 26.4. The van der Waals surface area contributed by atoms with Crippen molar-refractivity contribution < 1.29 is 32.3 Å². The Hall–Kier alpha value is -4.51. The first-order valence-corrected chi connectivity index (χ1v) is 15.1. The molecule has 11 heteroatoms. The van der Waals surface area contributed by atoms with Crippen molar-refractivity contribution in [3.63, 3.8) is 0 Å². The van der Waals surface area contributed by atoms with Crippen molar-refractivity contribution in [3.8, 4) is 0 Å². The number of nitrogens with one attached hydrogen (secondary N) is 2. The first kappa shape index (κ1) is 36.0. The van der Waals surface area contributed by atoms with Crippen molar-refractivity contribution in [2.45, 2.75) is 70.4 Å². The van der Waals surface area contributed by atoms with Crippen molar-refractivity contribution in [3.05, 3.63) is 102 Å². The third-order valence-electron chi connectivity index (χ3n) is 7.47. The number of carbonyl (C=O) groups excluding carboxylic acids is 3. The number of hydrogen-bond acceptors (Lipinski definition) is 5. The highest BCUT2D eigenvalue weighted by molar-refractivity contribution is 6.13. The van der Waals surface area contributed by atoms with Crippen LogP contribution in [0.1, 0.15) is 57.1 Å². The van der Waals surface area contributed by atoms with Gasteiger partial charge in [-0.05, 0) is 25.0 Å². The Labute approximate surface area is 268 Å². The fourth-order valence-corrected chi connectivity index (χ4v) is 4.94. The van der Waals surface area contributed by atoms with Gasteiger partial charge < -0.3 is 20.3 Å². The van der Waals surface area contributed by atoms with Crippen LogP contribution in [-0.4, -0.2) is 55.0 Å². The maximum Gasteiger partial charge on any atom is 0.416 e. The van der Waals surface area contributed by atoms with E-state index in [0.717, 1.165) is 36.6 Å². The molecular formula is C35H41F3N4O4. The van der Waals surface area contributed by atoms with Crippen molar-refractivity contribution in [2.75, 3.05) is 18.6 Å². The number of carbonyl (C=O) groups is 3. The average molecular weight is 639 g/mol. The van der Waals surface area contributed by atoms with Crippen LogP contribution in [0.15, 0.2) is 96.0 Å². The van der Waals surface area contributed by atoms with Crippen LogP contribution in [0.2, 0.25) is 0 Å². The lowest BCUT2D eigenvalue weighted by molar-refractivity contribution is -0.137. The van der Waals surface area contributed by atoms with E-state index in [0.29, 0.717) is 29.8 Å². The molecule has 0 aliphatic carbocycles. The summed E-state index contributed by atoms with van der Waals surface area (Å²) in [5.41, 5.74) is -0.0622. The predicted molar refractivity (Wildman–Crippen MR) is 173 cm³/mol. The van der Waals surface area contributed by atoms with Gasteiger partial charge in [0.2, 0.25) is 18.0 Å². The molecule has 1 heterocycles. The Morgan fingerprint density at radius 3 is 2.46 bits per heavy atom. The second-order valence-corrected chi connectivity index (χ2v) is 11.1. The molecule has 46 heavy (non-hydrogen) atoms. The number of hydrogen-bond donors (Lipinski definition) is 2. The zero-order valence-electron chi connectivity index (χ0n) is 26.4. The summed E-state index contributed by atoms with van der Waals surface area (Å²) in [6, 6.07) is 16.2. The van der Waals surface area contributed by atoms with E-state index in [1.165, 1.54) is 18.0 Å². The Kier molecular flexibility index (Phi) is 13.1. The largest absolute Gasteiger partial charge is 0.416 e. The lowest BCUT2D eigenvalue weighted by Crippen LogP contribution is -2.60. The van der Waals surface area contributed by atoms with Gasteiger partial charge in [-0.15, -0.1) is 0 Å². The zero-order chi connectivity index (χ0) is 33.7. The number of nitrogens with zero attached hydrogens (tertiary/aromatic N) is 2. The molecule has 0 saturated carbocycles. The summed E-state index contributed by atoms with van der Waals surface area (Å²) in [4.78, 5) is 46.2. The first-order chi connectivity index (χ1) is 21.9. The lowest BCUT2D eigenvalue weighted by Gasteiger charge is -2.31. The molecule has 2 unspecified atom stereocenters. The lowest BCUT2D eigenvalue weighted by atomic mass is 9.92. The van der Waals surface area contributed by atoms with Crippen molar-refractivity contribution >= 4 is 29.1 Å². The van der Waals surface area contributed by atoms with Crippen LogP contribution in [0.3, 0.4) is 0 Å². The summed E-state index contributed by atoms with van der Waals surface area (Å²) in [5.74, 6) is -1.66. The molecule has 0 bridgehead atoms. The molecule has 8 nitrogen and oxygen atoms in total. The third-order valence-corrected chi connectivity index (χ3v) is 7.47. The van der Waals surface area contributed by atoms with Gasteiger partial charge in [0.25, 0.3) is 5.91 Å². The summed E-state index contributed by atoms with van der Waals surface area (Å²) in [5, 5.41) is 5.49. The summed E-state index contributed by atoms with van der Waals surface area (Å²) < 4.78 is 45.8. The van der Waals surface area contributed by atoms with Crippen LogP contribution in [0, 0.1) is 0 Å². The molecule has 0 radical (unpaired) electrons. The molecule has 0 saturated heterocycles. The van der Waals surface area contributed by atoms with Crippen LogP contribution in [0.5, 0.6) is 0 Å². The molecule has 2 aromatic carbocycles. The molecule has 2 aromatic rings. The van der Waals surface area contributed by atoms with Crippen LogP contribution in [0.25, 0.3) is 0 Å². The molecule has 1 aliphatic heterocycles. The summed E-state index contributed by atoms with van der Waals surface area (Å²) >= 11 is 0. The van der Waals surface area contributed by atoms with Crippen molar-refractivity contribution in [2.24, 2.45) is 4.99 Å². The standard InChI is InChI=1S/C35H41F3N4O4/c1-5-7-13-22-34(3,41-30(43)24-46-23-25-16-9-8-10-17-25)33(45)40-31-32(44)42(4)29-21-12-11-19-27(29)28(39-31)20-14-18-26(15-6-2)35(36,37)38/h6,8-12,14-19,21,31H,2,5,7,13,20,22-24H2,1,3-4H3,(H,40,45)(H,41,43)/b18-14-,26-15+. The Morgan fingerprint density at radius 2 is 1.78 bits per heavy atom. The van der Waals surface area contributed by atoms with Crippen molar-refractivity contribution in [1.29, 1.82) is 0 Å². The number of unbranched alkanes of at least 4 members (excludes halogenated alkanes) is 2. The number of benzene rings is 2. The van der Waals surface area contributed by atoms with E-state index in [9.17, 15) is 27.6 Å². The molecular weight excluding hydrogens is 597 g/mol. The average Bonchev–Trinajstić information content (AvgIpc) is 3.11. The maximum atomic E-state index is 13.8. The SMILES string of the molecule is C=C/C=C(\C=C/CC1=NC(NC(=O)C(C)(CCCCC)NC(=O)COCc2ccccc2)C(=O)N(C)c2ccccc21)C(F)(F)F. The minimum atomic E-state index is -4.58. The maximum absolute atomic E-state index is 13.8. The van der Waals surface area contributed by atoms with Crippen LogP contribution >= 0.6 is 0 Å². The van der Waals surface area contributed by atoms with Crippen LogP contribution in [0.4, 0.5) is 18.9 Å². The topological polar surface area (TPSA) is 100 Å². The number of aliphatic imine (C=N–C) groups is 1. The number of ether oxygens (including phenoxy) is 1. The summed E-state index contributed by atoms with van der Waals surface area (Å²) in [6.45, 7) is 6.89. The minimum absolute atomic E-state index is 0.0572. The number of alkyl halides is 3. The van der Waals surface area contributed by atoms with Gasteiger partial charge in [0.1, 0.15) is 12.1 Å². The van der Waals surface area contributed by atoms with E-state index < -0.39 is 41.2 Å². The van der Waals surface area contributed by atoms with E-state index in [-0.39, 0.29) is 19.6 Å². The molecule has 0 spiro atoms. The summed E-state index contributed by atoms with van der Waals surface area (Å²) in [7, 11) is 1.54. The van der Waals surface area contributed by atoms with E-state index >= 15 is 0 Å². The van der Waals surface area contributed by atoms with Gasteiger partial charge in [-0.1, -0.05) is 106 Å². The van der Waals surface area contributed by atoms with Gasteiger partial charge >= 0.3 is 6.18 Å². The molecule has 0 fully saturated rings. The molecule has 3 amide bonds. The van der Waals surface area contributed by atoms with E-state index in [4.69, 9.17) is 4.74 Å². The molecule has 0 aromatic heterocycles. The van der Waals surface area contributed by atoms with Gasteiger partial charge in [0.15, 0.2) is 0 Å². The van der Waals surface area contributed by atoms with Gasteiger partial charge in [-0.2, -0.15) is 13.2 Å². The quantitative estimate of drug-likeness (QED) is 0.180. The normalized spacial score (nSPS) is 16.7. The molecule has 246 valence electrons. The molecule has 2 N–H and O–H groups in total. The van der Waals surface area contributed by atoms with Gasteiger partial charge in [0.05, 0.1) is 23.6 Å². The fourth-order valence-electron chi connectivity index (χ4n) is 4.94. The number of halogens is 3. The predicted octanol–water partition coefficient (Wildman–Crippen LogP) is 6.19. The van der Waals surface area contributed by atoms with Gasteiger partial charge in [0, 0.05) is 19.0 Å². The first-order valence-electron chi connectivity index (χ1n) is 15.1. The fraction of sp³-hybridized carbons (Fsp3) is 0.371.